The summed E-state index contributed by atoms with van der Waals surface area (Å²) in [7, 11) is 1.47. The zero-order valence-corrected chi connectivity index (χ0v) is 12.4. The molecule has 0 saturated heterocycles. The Morgan fingerprint density at radius 2 is 1.95 bits per heavy atom. The zero-order valence-electron chi connectivity index (χ0n) is 10.0. The Balaban J connectivity index is 2.56. The van der Waals surface area contributed by atoms with Gasteiger partial charge in [0.1, 0.15) is 17.7 Å². The third-order valence-electron chi connectivity index (χ3n) is 2.78. The maximum Gasteiger partial charge on any atom is 0.143 e. The van der Waals surface area contributed by atoms with Crippen LogP contribution in [0.15, 0.2) is 40.9 Å². The van der Waals surface area contributed by atoms with Gasteiger partial charge in [-0.3, -0.25) is 0 Å². The summed E-state index contributed by atoms with van der Waals surface area (Å²) in [5.74, 6) is -0.101. The van der Waals surface area contributed by atoms with Crippen molar-refractivity contribution in [3.63, 3.8) is 0 Å². The highest BCUT2D eigenvalue weighted by Crippen LogP contribution is 2.37. The van der Waals surface area contributed by atoms with E-state index >= 15 is 0 Å². The molecule has 2 rings (SSSR count). The van der Waals surface area contributed by atoms with Crippen molar-refractivity contribution in [1.82, 2.24) is 0 Å². The molecule has 5 heteroatoms. The molecule has 0 spiro atoms. The lowest BCUT2D eigenvalue weighted by atomic mass is 10.00. The summed E-state index contributed by atoms with van der Waals surface area (Å²) in [4.78, 5) is 0. The second-order valence-corrected chi connectivity index (χ2v) is 5.16. The van der Waals surface area contributed by atoms with E-state index in [1.807, 2.05) is 0 Å². The van der Waals surface area contributed by atoms with Gasteiger partial charge in [0.05, 0.1) is 16.6 Å². The van der Waals surface area contributed by atoms with Crippen molar-refractivity contribution < 1.29 is 14.2 Å². The lowest BCUT2D eigenvalue weighted by Crippen LogP contribution is -2.06. The Labute approximate surface area is 123 Å². The summed E-state index contributed by atoms with van der Waals surface area (Å²) in [5.41, 5.74) is 0.490. The molecule has 100 valence electrons. The Morgan fingerprint density at radius 1 is 1.26 bits per heavy atom. The van der Waals surface area contributed by atoms with Crippen molar-refractivity contribution >= 4 is 27.5 Å². The minimum Gasteiger partial charge on any atom is -0.496 e. The number of halogens is 3. The molecule has 2 aromatic rings. The number of hydrogen-bond acceptors (Lipinski definition) is 2. The molecule has 0 saturated carbocycles. The average molecular weight is 346 g/mol. The Kier molecular flexibility index (Phi) is 4.45. The normalized spacial score (nSPS) is 12.3. The number of ether oxygens (including phenoxy) is 1. The molecule has 2 nitrogen and oxygen atoms in total. The standard InChI is InChI=1S/C14H11BrClFO2/c1-19-11-7-3-6-10(16)12(11)14(18)8-4-2-5-9(15)13(8)17/h2-7,14,18H,1H3. The van der Waals surface area contributed by atoms with Crippen molar-refractivity contribution in [1.29, 1.82) is 0 Å². The molecule has 19 heavy (non-hydrogen) atoms. The van der Waals surface area contributed by atoms with Gasteiger partial charge in [0.2, 0.25) is 0 Å². The third kappa shape index (κ3) is 2.76. The van der Waals surface area contributed by atoms with Crippen LogP contribution in [0, 0.1) is 5.82 Å². The van der Waals surface area contributed by atoms with Gasteiger partial charge in [0.25, 0.3) is 0 Å². The number of aliphatic hydroxyl groups is 1. The van der Waals surface area contributed by atoms with Gasteiger partial charge < -0.3 is 9.84 Å². The van der Waals surface area contributed by atoms with Gasteiger partial charge in [-0.25, -0.2) is 4.39 Å². The largest absolute Gasteiger partial charge is 0.496 e. The Bertz CT molecular complexity index is 604. The second kappa shape index (κ2) is 5.90. The number of rotatable bonds is 3. The van der Waals surface area contributed by atoms with Gasteiger partial charge in [0.15, 0.2) is 0 Å². The molecule has 0 aliphatic carbocycles. The van der Waals surface area contributed by atoms with Crippen molar-refractivity contribution in [3.8, 4) is 5.75 Å². The maximum atomic E-state index is 14.0. The molecule has 0 aliphatic rings. The highest BCUT2D eigenvalue weighted by Gasteiger charge is 2.22. The molecule has 0 amide bonds. The maximum absolute atomic E-state index is 14.0. The Hall–Kier alpha value is -1.10. The molecule has 0 aromatic heterocycles. The fourth-order valence-electron chi connectivity index (χ4n) is 1.85. The predicted molar refractivity (Wildman–Crippen MR) is 76.2 cm³/mol. The number of benzene rings is 2. The van der Waals surface area contributed by atoms with Crippen LogP contribution in [0.4, 0.5) is 4.39 Å². The van der Waals surface area contributed by atoms with Crippen LogP contribution in [-0.2, 0) is 0 Å². The summed E-state index contributed by atoms with van der Waals surface area (Å²) >= 11 is 9.16. The van der Waals surface area contributed by atoms with Gasteiger partial charge >= 0.3 is 0 Å². The predicted octanol–water partition coefficient (Wildman–Crippen LogP) is 4.33. The molecule has 1 unspecified atom stereocenters. The second-order valence-electron chi connectivity index (χ2n) is 3.90. The molecule has 1 N–H and O–H groups in total. The third-order valence-corrected chi connectivity index (χ3v) is 3.72. The highest BCUT2D eigenvalue weighted by molar-refractivity contribution is 9.10. The van der Waals surface area contributed by atoms with E-state index in [9.17, 15) is 9.50 Å². The molecule has 1 atom stereocenters. The molecule has 0 radical (unpaired) electrons. The molecular weight excluding hydrogens is 335 g/mol. The first-order valence-corrected chi connectivity index (χ1v) is 6.67. The first-order chi connectivity index (χ1) is 9.06. The molecule has 2 aromatic carbocycles. The topological polar surface area (TPSA) is 29.5 Å². The quantitative estimate of drug-likeness (QED) is 0.897. The van der Waals surface area contributed by atoms with Crippen molar-refractivity contribution in [2.75, 3.05) is 7.11 Å². The van der Waals surface area contributed by atoms with Crippen molar-refractivity contribution in [2.45, 2.75) is 6.10 Å². The molecule has 0 fully saturated rings. The minimum atomic E-state index is -1.19. The van der Waals surface area contributed by atoms with E-state index < -0.39 is 11.9 Å². The number of aliphatic hydroxyl groups excluding tert-OH is 1. The van der Waals surface area contributed by atoms with E-state index in [0.29, 0.717) is 16.3 Å². The minimum absolute atomic E-state index is 0.140. The summed E-state index contributed by atoms with van der Waals surface area (Å²) < 4.78 is 19.5. The lowest BCUT2D eigenvalue weighted by molar-refractivity contribution is 0.209. The van der Waals surface area contributed by atoms with Gasteiger partial charge in [-0.05, 0) is 34.1 Å². The fraction of sp³-hybridized carbons (Fsp3) is 0.143. The first-order valence-electron chi connectivity index (χ1n) is 5.50. The van der Waals surface area contributed by atoms with Crippen LogP contribution in [0.2, 0.25) is 5.02 Å². The van der Waals surface area contributed by atoms with Crippen LogP contribution in [0.25, 0.3) is 0 Å². The number of methoxy groups -OCH3 is 1. The van der Waals surface area contributed by atoms with Gasteiger partial charge in [-0.2, -0.15) is 0 Å². The van der Waals surface area contributed by atoms with Crippen LogP contribution >= 0.6 is 27.5 Å². The van der Waals surface area contributed by atoms with E-state index in [4.69, 9.17) is 16.3 Å². The highest BCUT2D eigenvalue weighted by atomic mass is 79.9. The summed E-state index contributed by atoms with van der Waals surface area (Å²) in [5, 5.41) is 10.7. The van der Waals surface area contributed by atoms with Crippen LogP contribution < -0.4 is 4.74 Å². The van der Waals surface area contributed by atoms with Crippen LogP contribution in [0.1, 0.15) is 17.2 Å². The summed E-state index contributed by atoms with van der Waals surface area (Å²) in [6, 6.07) is 9.71. The van der Waals surface area contributed by atoms with E-state index in [0.717, 1.165) is 0 Å². The van der Waals surface area contributed by atoms with Crippen LogP contribution in [-0.4, -0.2) is 12.2 Å². The number of hydrogen-bond donors (Lipinski definition) is 1. The van der Waals surface area contributed by atoms with Crippen molar-refractivity contribution in [2.24, 2.45) is 0 Å². The molecule has 0 bridgehead atoms. The van der Waals surface area contributed by atoms with E-state index in [1.54, 1.807) is 30.3 Å². The SMILES string of the molecule is COc1cccc(Cl)c1C(O)c1cccc(Br)c1F. The first kappa shape index (κ1) is 14.3. The Morgan fingerprint density at radius 3 is 2.63 bits per heavy atom. The molecular formula is C14H11BrClFO2. The van der Waals surface area contributed by atoms with Gasteiger partial charge in [-0.1, -0.05) is 29.8 Å². The average Bonchev–Trinajstić information content (AvgIpc) is 2.40. The summed E-state index contributed by atoms with van der Waals surface area (Å²) in [6.45, 7) is 0. The van der Waals surface area contributed by atoms with Crippen molar-refractivity contribution in [3.05, 3.63) is 62.8 Å². The molecule has 0 heterocycles. The lowest BCUT2D eigenvalue weighted by Gasteiger charge is -2.17. The van der Waals surface area contributed by atoms with Crippen LogP contribution in [0.5, 0.6) is 5.75 Å². The van der Waals surface area contributed by atoms with E-state index in [2.05, 4.69) is 15.9 Å². The zero-order chi connectivity index (χ0) is 14.0. The monoisotopic (exact) mass is 344 g/mol. The summed E-state index contributed by atoms with van der Waals surface area (Å²) in [6.07, 6.45) is -1.19. The smallest absolute Gasteiger partial charge is 0.143 e. The molecule has 0 aliphatic heterocycles. The fourth-order valence-corrected chi connectivity index (χ4v) is 2.50. The van der Waals surface area contributed by atoms with E-state index in [1.165, 1.54) is 13.2 Å². The van der Waals surface area contributed by atoms with Crippen LogP contribution in [0.3, 0.4) is 0 Å². The van der Waals surface area contributed by atoms with Gasteiger partial charge in [-0.15, -0.1) is 0 Å². The van der Waals surface area contributed by atoms with E-state index in [-0.39, 0.29) is 10.0 Å². The van der Waals surface area contributed by atoms with Gasteiger partial charge in [0, 0.05) is 11.1 Å².